The molecular weight excluding hydrogens is 520 g/mol. The second-order valence-corrected chi connectivity index (χ2v) is 9.43. The molecule has 0 radical (unpaired) electrons. The van der Waals surface area contributed by atoms with Crippen molar-refractivity contribution in [3.63, 3.8) is 0 Å². The first-order valence-electron chi connectivity index (χ1n) is 12.3. The third kappa shape index (κ3) is 6.66. The molecule has 0 saturated carbocycles. The Hall–Kier alpha value is -3.70. The number of ether oxygens (including phenoxy) is 2. The summed E-state index contributed by atoms with van der Waals surface area (Å²) in [5.41, 5.74) is 2.92. The lowest BCUT2D eigenvalue weighted by atomic mass is 9.91. The van der Waals surface area contributed by atoms with Crippen molar-refractivity contribution in [3.8, 4) is 22.8 Å². The van der Waals surface area contributed by atoms with Gasteiger partial charge in [-0.2, -0.15) is 13.2 Å². The first-order chi connectivity index (χ1) is 18.5. The molecule has 0 amide bonds. The summed E-state index contributed by atoms with van der Waals surface area (Å²) < 4.78 is 64.5. The molecule has 11 heteroatoms. The van der Waals surface area contributed by atoms with Crippen molar-refractivity contribution in [3.05, 3.63) is 76.7 Å². The van der Waals surface area contributed by atoms with E-state index in [9.17, 15) is 32.6 Å². The van der Waals surface area contributed by atoms with Gasteiger partial charge in [0.2, 0.25) is 5.88 Å². The van der Waals surface area contributed by atoms with Gasteiger partial charge in [-0.1, -0.05) is 30.3 Å². The summed E-state index contributed by atoms with van der Waals surface area (Å²) in [7, 11) is 1.38. The number of aromatic nitrogens is 1. The molecule has 0 saturated heterocycles. The van der Waals surface area contributed by atoms with Gasteiger partial charge in [-0.3, -0.25) is 4.79 Å². The average Bonchev–Trinajstić information content (AvgIpc) is 2.91. The molecule has 3 N–H and O–H groups in total. The maximum absolute atomic E-state index is 14.7. The van der Waals surface area contributed by atoms with Gasteiger partial charge in [0, 0.05) is 18.2 Å². The predicted molar refractivity (Wildman–Crippen MR) is 134 cm³/mol. The lowest BCUT2D eigenvalue weighted by molar-refractivity contribution is -0.145. The SMILES string of the molecule is COc1cc(-c2ccc([C@@H]3CCc4ccc([C@H](O)[C@H](C)C(=O)O)cc4O3)cc2CNCC(F)(F)F)c(F)cn1. The second-order valence-electron chi connectivity index (χ2n) is 9.43. The number of aryl methyl sites for hydroxylation is 1. The third-order valence-electron chi connectivity index (χ3n) is 6.71. The van der Waals surface area contributed by atoms with Gasteiger partial charge in [0.1, 0.15) is 17.7 Å². The number of aliphatic carboxylic acids is 1. The predicted octanol–water partition coefficient (Wildman–Crippen LogP) is 5.37. The van der Waals surface area contributed by atoms with Crippen LogP contribution in [0.4, 0.5) is 17.6 Å². The highest BCUT2D eigenvalue weighted by molar-refractivity contribution is 5.71. The molecule has 0 unspecified atom stereocenters. The fourth-order valence-corrected chi connectivity index (χ4v) is 4.53. The van der Waals surface area contributed by atoms with Crippen molar-refractivity contribution >= 4 is 5.97 Å². The number of fused-ring (bicyclic) bond motifs is 1. The van der Waals surface area contributed by atoms with Gasteiger partial charge in [0.25, 0.3) is 0 Å². The minimum Gasteiger partial charge on any atom is -0.485 e. The van der Waals surface area contributed by atoms with Gasteiger partial charge in [-0.25, -0.2) is 9.37 Å². The van der Waals surface area contributed by atoms with Gasteiger partial charge in [-0.05, 0) is 53.6 Å². The van der Waals surface area contributed by atoms with Crippen LogP contribution in [0.2, 0.25) is 0 Å². The summed E-state index contributed by atoms with van der Waals surface area (Å²) in [6, 6.07) is 11.5. The lowest BCUT2D eigenvalue weighted by Crippen LogP contribution is -2.28. The number of carboxylic acid groups (broad SMARTS) is 1. The van der Waals surface area contributed by atoms with E-state index in [1.165, 1.54) is 20.1 Å². The fraction of sp³-hybridized carbons (Fsp3) is 0.357. The number of halogens is 4. The van der Waals surface area contributed by atoms with Crippen molar-refractivity contribution in [2.75, 3.05) is 13.7 Å². The van der Waals surface area contributed by atoms with Gasteiger partial charge in [0.15, 0.2) is 0 Å². The van der Waals surface area contributed by atoms with Crippen LogP contribution in [0, 0.1) is 11.7 Å². The number of pyridine rings is 1. The monoisotopic (exact) mass is 548 g/mol. The molecule has 7 nitrogen and oxygen atoms in total. The zero-order chi connectivity index (χ0) is 28.3. The molecule has 3 aromatic rings. The molecule has 39 heavy (non-hydrogen) atoms. The van der Waals surface area contributed by atoms with E-state index in [4.69, 9.17) is 9.47 Å². The highest BCUT2D eigenvalue weighted by atomic mass is 19.4. The molecule has 3 atom stereocenters. The molecule has 1 aliphatic rings. The van der Waals surface area contributed by atoms with Crippen LogP contribution in [0.25, 0.3) is 11.1 Å². The third-order valence-corrected chi connectivity index (χ3v) is 6.71. The molecule has 2 heterocycles. The van der Waals surface area contributed by atoms with Crippen molar-refractivity contribution in [1.82, 2.24) is 10.3 Å². The zero-order valence-corrected chi connectivity index (χ0v) is 21.3. The molecule has 0 spiro atoms. The summed E-state index contributed by atoms with van der Waals surface area (Å²) in [6.45, 7) is 0.0126. The Morgan fingerprint density at radius 1 is 1.21 bits per heavy atom. The molecule has 2 aromatic carbocycles. The van der Waals surface area contributed by atoms with Crippen LogP contribution in [-0.2, 0) is 17.8 Å². The number of hydrogen-bond donors (Lipinski definition) is 3. The molecule has 4 rings (SSSR count). The van der Waals surface area contributed by atoms with Gasteiger partial charge < -0.3 is 25.0 Å². The minimum atomic E-state index is -4.42. The second kappa shape index (κ2) is 11.6. The number of nitrogens with zero attached hydrogens (tertiary/aromatic N) is 1. The van der Waals surface area contributed by atoms with E-state index in [2.05, 4.69) is 10.3 Å². The number of carboxylic acids is 1. The van der Waals surface area contributed by atoms with Gasteiger partial charge in [-0.15, -0.1) is 0 Å². The van der Waals surface area contributed by atoms with E-state index in [0.717, 1.165) is 11.8 Å². The quantitative estimate of drug-likeness (QED) is 0.309. The molecule has 0 bridgehead atoms. The highest BCUT2D eigenvalue weighted by Gasteiger charge is 2.28. The Morgan fingerprint density at radius 3 is 2.67 bits per heavy atom. The molecule has 1 aliphatic heterocycles. The summed E-state index contributed by atoms with van der Waals surface area (Å²) in [4.78, 5) is 15.1. The number of hydrogen-bond acceptors (Lipinski definition) is 6. The Bertz CT molecular complexity index is 1350. The fourth-order valence-electron chi connectivity index (χ4n) is 4.53. The number of nitrogens with one attached hydrogen (secondary N) is 1. The van der Waals surface area contributed by atoms with Gasteiger partial charge in [0.05, 0.1) is 31.9 Å². The first-order valence-corrected chi connectivity index (χ1v) is 12.3. The summed E-state index contributed by atoms with van der Waals surface area (Å²) in [5, 5.41) is 22.1. The smallest absolute Gasteiger partial charge is 0.401 e. The van der Waals surface area contributed by atoms with Crippen LogP contribution in [0.15, 0.2) is 48.7 Å². The first kappa shape index (κ1) is 28.3. The molecule has 0 aliphatic carbocycles. The lowest BCUT2D eigenvalue weighted by Gasteiger charge is -2.28. The molecule has 0 fully saturated rings. The number of rotatable bonds is 9. The van der Waals surface area contributed by atoms with Crippen LogP contribution in [0.1, 0.15) is 47.8 Å². The van der Waals surface area contributed by atoms with Crippen LogP contribution < -0.4 is 14.8 Å². The number of carbonyl (C=O) groups is 1. The maximum atomic E-state index is 14.7. The zero-order valence-electron chi connectivity index (χ0n) is 21.3. The summed E-state index contributed by atoms with van der Waals surface area (Å²) >= 11 is 0. The summed E-state index contributed by atoms with van der Waals surface area (Å²) in [5.74, 6) is -2.15. The van der Waals surface area contributed by atoms with E-state index >= 15 is 0 Å². The standard InChI is InChI=1S/C28H28F4N2O5/c1-15(27(36)37)26(35)18-4-3-16-6-8-23(39-24(16)10-18)17-5-7-20(19(9-17)12-33-14-28(30,31)32)21-11-25(38-2)34-13-22(21)29/h3-5,7,9-11,13,15,23,26,33,35H,6,8,12,14H2,1-2H3,(H,36,37)/t15-,23-,26+/m0/s1. The number of alkyl halides is 3. The van der Waals surface area contributed by atoms with Crippen LogP contribution in [-0.4, -0.2) is 41.0 Å². The van der Waals surface area contributed by atoms with E-state index in [-0.39, 0.29) is 18.0 Å². The van der Waals surface area contributed by atoms with Crippen LogP contribution in [0.3, 0.4) is 0 Å². The van der Waals surface area contributed by atoms with Crippen molar-refractivity contribution in [2.45, 2.75) is 44.7 Å². The Kier molecular flexibility index (Phi) is 8.41. The van der Waals surface area contributed by atoms with E-state index < -0.39 is 42.6 Å². The van der Waals surface area contributed by atoms with Crippen molar-refractivity contribution < 1.29 is 42.0 Å². The number of aliphatic hydroxyl groups is 1. The summed E-state index contributed by atoms with van der Waals surface area (Å²) in [6.07, 6.45) is -3.91. The Labute approximate surface area is 222 Å². The molecule has 208 valence electrons. The number of methoxy groups -OCH3 is 1. The Balaban J connectivity index is 1.65. The number of aliphatic hydroxyl groups excluding tert-OH is 1. The van der Waals surface area contributed by atoms with E-state index in [1.54, 1.807) is 36.4 Å². The minimum absolute atomic E-state index is 0.137. The van der Waals surface area contributed by atoms with Crippen LogP contribution in [0.5, 0.6) is 11.6 Å². The highest BCUT2D eigenvalue weighted by Crippen LogP contribution is 2.39. The Morgan fingerprint density at radius 2 is 1.97 bits per heavy atom. The topological polar surface area (TPSA) is 101 Å². The van der Waals surface area contributed by atoms with Crippen LogP contribution >= 0.6 is 0 Å². The van der Waals surface area contributed by atoms with Gasteiger partial charge >= 0.3 is 12.1 Å². The average molecular weight is 549 g/mol. The number of benzene rings is 2. The molecular formula is C28H28F4N2O5. The van der Waals surface area contributed by atoms with Crippen molar-refractivity contribution in [2.24, 2.45) is 5.92 Å². The molecule has 1 aromatic heterocycles. The maximum Gasteiger partial charge on any atom is 0.401 e. The van der Waals surface area contributed by atoms with E-state index in [1.807, 2.05) is 0 Å². The normalized spacial score (nSPS) is 16.6. The largest absolute Gasteiger partial charge is 0.485 e. The van der Waals surface area contributed by atoms with Crippen molar-refractivity contribution in [1.29, 1.82) is 0 Å². The van der Waals surface area contributed by atoms with E-state index in [0.29, 0.717) is 40.8 Å².